The Balaban J connectivity index is 1.58. The molecule has 0 spiro atoms. The number of carbonyl (C=O) groups excluding carboxylic acids is 2. The van der Waals surface area contributed by atoms with Crippen molar-refractivity contribution >= 4 is 35.1 Å². The van der Waals surface area contributed by atoms with Gasteiger partial charge in [-0.05, 0) is 68.6 Å². The number of hydrogen-bond donors (Lipinski definition) is 0. The average molecular weight is 494 g/mol. The highest BCUT2D eigenvalue weighted by atomic mass is 32.2. The van der Waals surface area contributed by atoms with Crippen LogP contribution in [0.15, 0.2) is 47.6 Å². The minimum absolute atomic E-state index is 0.0138. The SMILES string of the molecule is CN1CCN(c2cnccc2CN2C(=O)N(c3ccc(SC(F)(F)F)cc3)C(=O)C2(C)C)CC1. The fourth-order valence-electron chi connectivity index (χ4n) is 4.18. The third-order valence-corrected chi connectivity index (χ3v) is 6.95. The molecular weight excluding hydrogens is 467 g/mol. The first-order chi connectivity index (χ1) is 16.0. The molecule has 2 aliphatic rings. The molecule has 34 heavy (non-hydrogen) atoms. The first-order valence-electron chi connectivity index (χ1n) is 10.9. The van der Waals surface area contributed by atoms with Gasteiger partial charge in [-0.2, -0.15) is 13.2 Å². The van der Waals surface area contributed by atoms with E-state index in [2.05, 4.69) is 21.8 Å². The molecule has 1 aromatic heterocycles. The summed E-state index contributed by atoms with van der Waals surface area (Å²) in [7, 11) is 2.07. The Labute approximate surface area is 200 Å². The summed E-state index contributed by atoms with van der Waals surface area (Å²) in [5.74, 6) is -0.427. The minimum atomic E-state index is -4.41. The molecule has 2 aliphatic heterocycles. The Morgan fingerprint density at radius 2 is 1.68 bits per heavy atom. The quantitative estimate of drug-likeness (QED) is 0.460. The number of likely N-dealkylation sites (N-methyl/N-ethyl adjacent to an activating group) is 1. The molecule has 0 N–H and O–H groups in total. The van der Waals surface area contributed by atoms with E-state index in [1.165, 1.54) is 29.2 Å². The van der Waals surface area contributed by atoms with E-state index in [4.69, 9.17) is 0 Å². The van der Waals surface area contributed by atoms with Crippen LogP contribution in [-0.2, 0) is 11.3 Å². The Kier molecular flexibility index (Phi) is 6.52. The molecule has 0 atom stereocenters. The van der Waals surface area contributed by atoms with Gasteiger partial charge in [0.15, 0.2) is 0 Å². The molecule has 2 saturated heterocycles. The largest absolute Gasteiger partial charge is 0.446 e. The van der Waals surface area contributed by atoms with E-state index in [9.17, 15) is 22.8 Å². The van der Waals surface area contributed by atoms with Gasteiger partial charge in [0.1, 0.15) is 5.54 Å². The highest BCUT2D eigenvalue weighted by molar-refractivity contribution is 8.00. The summed E-state index contributed by atoms with van der Waals surface area (Å²) in [6.07, 6.45) is 3.45. The number of amides is 3. The van der Waals surface area contributed by atoms with Crippen molar-refractivity contribution in [2.75, 3.05) is 43.0 Å². The van der Waals surface area contributed by atoms with Crippen LogP contribution in [0.2, 0.25) is 0 Å². The third kappa shape index (κ3) is 4.85. The van der Waals surface area contributed by atoms with Gasteiger partial charge in [0, 0.05) is 37.3 Å². The Hall–Kier alpha value is -2.79. The number of aromatic nitrogens is 1. The number of imide groups is 1. The number of anilines is 2. The monoisotopic (exact) mass is 493 g/mol. The third-order valence-electron chi connectivity index (χ3n) is 6.21. The van der Waals surface area contributed by atoms with E-state index < -0.39 is 23.0 Å². The van der Waals surface area contributed by atoms with Crippen molar-refractivity contribution < 1.29 is 22.8 Å². The predicted octanol–water partition coefficient (Wildman–Crippen LogP) is 4.19. The number of carbonyl (C=O) groups is 2. The standard InChI is InChI=1S/C23H26F3N5O2S/c1-22(2)20(32)31(17-4-6-18(7-5-17)34-23(24,25)26)21(33)30(22)15-16-8-9-27-14-19(16)29-12-10-28(3)11-13-29/h4-9,14H,10-13,15H2,1-3H3. The molecule has 3 heterocycles. The van der Waals surface area contributed by atoms with Gasteiger partial charge >= 0.3 is 11.5 Å². The number of urea groups is 1. The molecule has 7 nitrogen and oxygen atoms in total. The predicted molar refractivity (Wildman–Crippen MR) is 125 cm³/mol. The maximum absolute atomic E-state index is 13.4. The summed E-state index contributed by atoms with van der Waals surface area (Å²) in [6, 6.07) is 6.60. The summed E-state index contributed by atoms with van der Waals surface area (Å²) in [6.45, 7) is 7.06. The van der Waals surface area contributed by atoms with Gasteiger partial charge in [0.2, 0.25) is 0 Å². The van der Waals surface area contributed by atoms with Crippen LogP contribution in [0, 0.1) is 0 Å². The molecule has 182 valence electrons. The van der Waals surface area contributed by atoms with E-state index >= 15 is 0 Å². The summed E-state index contributed by atoms with van der Waals surface area (Å²) in [4.78, 5) is 37.9. The van der Waals surface area contributed by atoms with E-state index in [1.54, 1.807) is 26.2 Å². The average Bonchev–Trinajstić information content (AvgIpc) is 2.94. The van der Waals surface area contributed by atoms with Crippen LogP contribution in [0.5, 0.6) is 0 Å². The molecule has 2 fully saturated rings. The van der Waals surface area contributed by atoms with Crippen molar-refractivity contribution in [3.05, 3.63) is 48.3 Å². The number of halogens is 3. The Morgan fingerprint density at radius 3 is 2.29 bits per heavy atom. The van der Waals surface area contributed by atoms with Gasteiger partial charge in [-0.15, -0.1) is 0 Å². The first-order valence-corrected chi connectivity index (χ1v) is 11.7. The van der Waals surface area contributed by atoms with Crippen LogP contribution in [-0.4, -0.2) is 71.0 Å². The maximum atomic E-state index is 13.4. The van der Waals surface area contributed by atoms with Crippen LogP contribution in [0.4, 0.5) is 29.3 Å². The van der Waals surface area contributed by atoms with E-state index in [1.807, 2.05) is 6.07 Å². The topological polar surface area (TPSA) is 60.0 Å². The van der Waals surface area contributed by atoms with E-state index in [0.29, 0.717) is 0 Å². The molecule has 1 aromatic carbocycles. The summed E-state index contributed by atoms with van der Waals surface area (Å²) in [5, 5.41) is 0. The zero-order valence-electron chi connectivity index (χ0n) is 19.2. The van der Waals surface area contributed by atoms with Crippen molar-refractivity contribution in [3.63, 3.8) is 0 Å². The van der Waals surface area contributed by atoms with Crippen LogP contribution in [0.1, 0.15) is 19.4 Å². The number of piperazine rings is 1. The highest BCUT2D eigenvalue weighted by Gasteiger charge is 2.52. The maximum Gasteiger partial charge on any atom is 0.446 e. The van der Waals surface area contributed by atoms with Crippen LogP contribution >= 0.6 is 11.8 Å². The van der Waals surface area contributed by atoms with Crippen LogP contribution in [0.3, 0.4) is 0 Å². The van der Waals surface area contributed by atoms with Gasteiger partial charge in [0.05, 0.1) is 24.1 Å². The molecule has 0 unspecified atom stereocenters. The number of rotatable bonds is 5. The van der Waals surface area contributed by atoms with Gasteiger partial charge in [-0.1, -0.05) is 0 Å². The fraction of sp³-hybridized carbons (Fsp3) is 0.435. The Morgan fingerprint density at radius 1 is 1.03 bits per heavy atom. The molecule has 2 aromatic rings. The highest BCUT2D eigenvalue weighted by Crippen LogP contribution is 2.39. The lowest BCUT2D eigenvalue weighted by Crippen LogP contribution is -2.46. The lowest BCUT2D eigenvalue weighted by atomic mass is 10.0. The number of thioether (sulfide) groups is 1. The summed E-state index contributed by atoms with van der Waals surface area (Å²) >= 11 is -0.241. The number of hydrogen-bond acceptors (Lipinski definition) is 6. The molecule has 0 bridgehead atoms. The zero-order valence-corrected chi connectivity index (χ0v) is 20.0. The molecule has 3 amide bonds. The Bertz CT molecular complexity index is 1070. The molecule has 0 saturated carbocycles. The number of nitrogens with zero attached hydrogens (tertiary/aromatic N) is 5. The lowest BCUT2D eigenvalue weighted by Gasteiger charge is -2.36. The van der Waals surface area contributed by atoms with Gasteiger partial charge < -0.3 is 14.7 Å². The molecule has 11 heteroatoms. The van der Waals surface area contributed by atoms with Crippen LogP contribution < -0.4 is 9.80 Å². The minimum Gasteiger partial charge on any atom is -0.367 e. The molecule has 0 radical (unpaired) electrons. The van der Waals surface area contributed by atoms with Crippen molar-refractivity contribution in [2.45, 2.75) is 36.3 Å². The van der Waals surface area contributed by atoms with Gasteiger partial charge in [0.25, 0.3) is 5.91 Å². The van der Waals surface area contributed by atoms with E-state index in [0.717, 1.165) is 42.3 Å². The van der Waals surface area contributed by atoms with Crippen LogP contribution in [0.25, 0.3) is 0 Å². The zero-order chi connectivity index (χ0) is 24.7. The van der Waals surface area contributed by atoms with Gasteiger partial charge in [-0.3, -0.25) is 9.78 Å². The number of benzene rings is 1. The number of pyridine rings is 1. The second kappa shape index (κ2) is 9.10. The van der Waals surface area contributed by atoms with Crippen molar-refractivity contribution in [3.8, 4) is 0 Å². The summed E-state index contributed by atoms with van der Waals surface area (Å²) in [5.41, 5.74) is -3.48. The van der Waals surface area contributed by atoms with Gasteiger partial charge in [-0.25, -0.2) is 9.69 Å². The second-order valence-electron chi connectivity index (χ2n) is 8.90. The lowest BCUT2D eigenvalue weighted by molar-refractivity contribution is -0.123. The van der Waals surface area contributed by atoms with Crippen molar-refractivity contribution in [1.82, 2.24) is 14.8 Å². The molecule has 4 rings (SSSR count). The number of alkyl halides is 3. The summed E-state index contributed by atoms with van der Waals surface area (Å²) < 4.78 is 37.9. The fourth-order valence-corrected chi connectivity index (χ4v) is 4.72. The van der Waals surface area contributed by atoms with E-state index in [-0.39, 0.29) is 28.9 Å². The molecular formula is C23H26F3N5O2S. The second-order valence-corrected chi connectivity index (χ2v) is 10.0. The smallest absolute Gasteiger partial charge is 0.367 e. The first kappa shape index (κ1) is 24.3. The molecule has 0 aliphatic carbocycles. The van der Waals surface area contributed by atoms with Crippen molar-refractivity contribution in [1.29, 1.82) is 0 Å². The van der Waals surface area contributed by atoms with Crippen molar-refractivity contribution in [2.24, 2.45) is 0 Å². The normalized spacial score (nSPS) is 19.3.